The molecule has 0 aliphatic rings. The fourth-order valence-electron chi connectivity index (χ4n) is 1.54. The van der Waals surface area contributed by atoms with E-state index in [9.17, 15) is 0 Å². The Bertz CT molecular complexity index is 452. The maximum absolute atomic E-state index is 4.43. The number of hydrogen-bond donors (Lipinski definition) is 1. The van der Waals surface area contributed by atoms with Crippen molar-refractivity contribution in [1.29, 1.82) is 0 Å². The number of likely N-dealkylation sites (N-methyl/N-ethyl adjacent to an activating group) is 1. The topological polar surface area (TPSA) is 28.2 Å². The number of nitrogens with one attached hydrogen (secondary N) is 1. The van der Waals surface area contributed by atoms with Crippen LogP contribution < -0.4 is 5.32 Å². The fraction of sp³-hybridized carbons (Fsp3) is 0.417. The first kappa shape index (κ1) is 11.4. The van der Waals surface area contributed by atoms with Gasteiger partial charge in [0.1, 0.15) is 5.82 Å². The Kier molecular flexibility index (Phi) is 3.74. The summed E-state index contributed by atoms with van der Waals surface area (Å²) >= 11 is 1.55. The molecule has 0 radical (unpaired) electrons. The zero-order valence-electron chi connectivity index (χ0n) is 9.73. The van der Waals surface area contributed by atoms with Crippen LogP contribution in [0.5, 0.6) is 0 Å². The summed E-state index contributed by atoms with van der Waals surface area (Å²) in [5, 5.41) is 4.62. The number of hydrogen-bond acceptors (Lipinski definition) is 4. The molecule has 3 nitrogen and oxygen atoms in total. The first-order chi connectivity index (χ1) is 7.81. The van der Waals surface area contributed by atoms with E-state index in [1.54, 1.807) is 11.5 Å². The molecule has 16 heavy (non-hydrogen) atoms. The van der Waals surface area contributed by atoms with Gasteiger partial charge in [0, 0.05) is 18.5 Å². The van der Waals surface area contributed by atoms with E-state index >= 15 is 0 Å². The molecule has 0 bridgehead atoms. The van der Waals surface area contributed by atoms with Crippen LogP contribution in [0.15, 0.2) is 24.3 Å². The molecule has 0 amide bonds. The summed E-state index contributed by atoms with van der Waals surface area (Å²) in [5.74, 6) is 1.02. The summed E-state index contributed by atoms with van der Waals surface area (Å²) < 4.78 is 5.67. The highest BCUT2D eigenvalue weighted by atomic mass is 32.1. The number of nitrogens with zero attached hydrogens (tertiary/aromatic N) is 2. The molecule has 1 aromatic heterocycles. The molecule has 0 fully saturated rings. The van der Waals surface area contributed by atoms with Gasteiger partial charge in [-0.05, 0) is 37.3 Å². The van der Waals surface area contributed by atoms with E-state index in [0.29, 0.717) is 0 Å². The molecule has 86 valence electrons. The molecule has 0 saturated heterocycles. The minimum Gasteiger partial charge on any atom is -0.367 e. The molecule has 2 aromatic rings. The highest BCUT2D eigenvalue weighted by molar-refractivity contribution is 7.13. The van der Waals surface area contributed by atoms with Gasteiger partial charge in [-0.15, -0.1) is 0 Å². The number of benzene rings is 1. The van der Waals surface area contributed by atoms with Gasteiger partial charge in [0.05, 0.1) is 4.70 Å². The molecule has 0 atom stereocenters. The summed E-state index contributed by atoms with van der Waals surface area (Å²) in [5.41, 5.74) is 0. The summed E-state index contributed by atoms with van der Waals surface area (Å²) in [6.45, 7) is 5.23. The summed E-state index contributed by atoms with van der Waals surface area (Å²) in [6.07, 6.45) is 0. The van der Waals surface area contributed by atoms with Gasteiger partial charge in [0.2, 0.25) is 0 Å². The molecule has 4 heteroatoms. The third kappa shape index (κ3) is 2.51. The van der Waals surface area contributed by atoms with Crippen molar-refractivity contribution < 1.29 is 0 Å². The predicted molar refractivity (Wildman–Crippen MR) is 71.3 cm³/mol. The second-order valence-corrected chi connectivity index (χ2v) is 4.65. The number of fused-ring (bicyclic) bond motifs is 1. The van der Waals surface area contributed by atoms with Crippen LogP contribution in [0.1, 0.15) is 6.92 Å². The Morgan fingerprint density at radius 1 is 1.38 bits per heavy atom. The Morgan fingerprint density at radius 2 is 2.19 bits per heavy atom. The van der Waals surface area contributed by atoms with Crippen molar-refractivity contribution >= 4 is 27.4 Å². The molecule has 0 spiro atoms. The standard InChI is InChI=1S/C12H17N3S/c1-3-15(2)9-8-13-12-10-6-4-5-7-11(10)16-14-12/h4-7H,3,8-9H2,1-2H3,(H,13,14). The van der Waals surface area contributed by atoms with Crippen LogP contribution in [0.25, 0.3) is 10.1 Å². The average molecular weight is 235 g/mol. The normalized spacial score (nSPS) is 11.2. The largest absolute Gasteiger partial charge is 0.367 e. The average Bonchev–Trinajstić information content (AvgIpc) is 2.73. The van der Waals surface area contributed by atoms with Crippen molar-refractivity contribution in [2.24, 2.45) is 0 Å². The second-order valence-electron chi connectivity index (χ2n) is 3.85. The monoisotopic (exact) mass is 235 g/mol. The van der Waals surface area contributed by atoms with Crippen molar-refractivity contribution in [2.45, 2.75) is 6.92 Å². The highest BCUT2D eigenvalue weighted by Gasteiger charge is 2.04. The van der Waals surface area contributed by atoms with E-state index in [2.05, 4.69) is 52.8 Å². The lowest BCUT2D eigenvalue weighted by atomic mass is 10.2. The van der Waals surface area contributed by atoms with E-state index in [1.807, 2.05) is 0 Å². The van der Waals surface area contributed by atoms with E-state index in [0.717, 1.165) is 25.5 Å². The van der Waals surface area contributed by atoms with Crippen molar-refractivity contribution in [3.8, 4) is 0 Å². The lowest BCUT2D eigenvalue weighted by Gasteiger charge is -2.13. The lowest BCUT2D eigenvalue weighted by Crippen LogP contribution is -2.24. The minimum atomic E-state index is 0.943. The molecule has 1 aromatic carbocycles. The number of aromatic nitrogens is 1. The quantitative estimate of drug-likeness (QED) is 0.863. The Morgan fingerprint density at radius 3 is 3.00 bits per heavy atom. The van der Waals surface area contributed by atoms with Crippen molar-refractivity contribution in [3.05, 3.63) is 24.3 Å². The van der Waals surface area contributed by atoms with Crippen LogP contribution in [-0.2, 0) is 0 Å². The Labute approximate surface area is 100 Å². The fourth-order valence-corrected chi connectivity index (χ4v) is 2.29. The van der Waals surface area contributed by atoms with Crippen LogP contribution in [0.2, 0.25) is 0 Å². The van der Waals surface area contributed by atoms with E-state index in [1.165, 1.54) is 10.1 Å². The molecular formula is C12H17N3S. The predicted octanol–water partition coefficient (Wildman–Crippen LogP) is 2.66. The maximum Gasteiger partial charge on any atom is 0.147 e. The molecule has 2 rings (SSSR count). The van der Waals surface area contributed by atoms with Crippen LogP contribution in [0, 0.1) is 0 Å². The second kappa shape index (κ2) is 5.27. The first-order valence-corrected chi connectivity index (χ1v) is 6.35. The molecule has 0 unspecified atom stereocenters. The molecule has 0 aliphatic carbocycles. The summed E-state index contributed by atoms with van der Waals surface area (Å²) in [6, 6.07) is 8.33. The smallest absolute Gasteiger partial charge is 0.147 e. The SMILES string of the molecule is CCN(C)CCNc1nsc2ccccc12. The van der Waals surface area contributed by atoms with Crippen molar-refractivity contribution in [2.75, 3.05) is 32.0 Å². The molecule has 1 heterocycles. The summed E-state index contributed by atoms with van der Waals surface area (Å²) in [7, 11) is 2.13. The molecule has 0 aliphatic heterocycles. The highest BCUT2D eigenvalue weighted by Crippen LogP contribution is 2.25. The van der Waals surface area contributed by atoms with Crippen LogP contribution in [0.4, 0.5) is 5.82 Å². The summed E-state index contributed by atoms with van der Waals surface area (Å²) in [4.78, 5) is 2.28. The van der Waals surface area contributed by atoms with Crippen LogP contribution >= 0.6 is 11.5 Å². The van der Waals surface area contributed by atoms with Crippen molar-refractivity contribution in [3.63, 3.8) is 0 Å². The Balaban J connectivity index is 1.99. The zero-order valence-corrected chi connectivity index (χ0v) is 10.5. The van der Waals surface area contributed by atoms with Gasteiger partial charge < -0.3 is 10.2 Å². The van der Waals surface area contributed by atoms with Crippen LogP contribution in [-0.4, -0.2) is 36.0 Å². The third-order valence-electron chi connectivity index (χ3n) is 2.70. The third-order valence-corrected chi connectivity index (χ3v) is 3.53. The van der Waals surface area contributed by atoms with Gasteiger partial charge >= 0.3 is 0 Å². The van der Waals surface area contributed by atoms with E-state index in [4.69, 9.17) is 0 Å². The molecule has 0 saturated carbocycles. The van der Waals surface area contributed by atoms with Crippen molar-refractivity contribution in [1.82, 2.24) is 9.27 Å². The lowest BCUT2D eigenvalue weighted by molar-refractivity contribution is 0.367. The number of anilines is 1. The van der Waals surface area contributed by atoms with Gasteiger partial charge in [-0.3, -0.25) is 0 Å². The minimum absolute atomic E-state index is 0.943. The van der Waals surface area contributed by atoms with Gasteiger partial charge in [-0.1, -0.05) is 19.1 Å². The van der Waals surface area contributed by atoms with Gasteiger partial charge in [0.15, 0.2) is 0 Å². The van der Waals surface area contributed by atoms with Crippen LogP contribution in [0.3, 0.4) is 0 Å². The first-order valence-electron chi connectivity index (χ1n) is 5.58. The maximum atomic E-state index is 4.43. The number of rotatable bonds is 5. The Hall–Kier alpha value is -1.13. The molecule has 1 N–H and O–H groups in total. The zero-order chi connectivity index (χ0) is 11.4. The van der Waals surface area contributed by atoms with E-state index in [-0.39, 0.29) is 0 Å². The molecular weight excluding hydrogens is 218 g/mol. The van der Waals surface area contributed by atoms with Gasteiger partial charge in [0.25, 0.3) is 0 Å². The van der Waals surface area contributed by atoms with E-state index < -0.39 is 0 Å². The van der Waals surface area contributed by atoms with Gasteiger partial charge in [-0.25, -0.2) is 0 Å². The van der Waals surface area contributed by atoms with Gasteiger partial charge in [-0.2, -0.15) is 4.37 Å².